The van der Waals surface area contributed by atoms with Crippen LogP contribution in [0.4, 0.5) is 0 Å². The maximum absolute atomic E-state index is 12.9. The lowest BCUT2D eigenvalue weighted by molar-refractivity contribution is -0.132. The van der Waals surface area contributed by atoms with Crippen LogP contribution in [0.25, 0.3) is 0 Å². The first-order chi connectivity index (χ1) is 10.3. The van der Waals surface area contributed by atoms with E-state index in [0.29, 0.717) is 24.5 Å². The topological polar surface area (TPSA) is 35.6 Å². The van der Waals surface area contributed by atoms with Crippen LogP contribution in [0.5, 0.6) is 0 Å². The van der Waals surface area contributed by atoms with Crippen molar-refractivity contribution in [2.24, 2.45) is 0 Å². The fourth-order valence-corrected chi connectivity index (χ4v) is 3.43. The third kappa shape index (κ3) is 3.67. The quantitative estimate of drug-likeness (QED) is 0.780. The van der Waals surface area contributed by atoms with E-state index in [4.69, 9.17) is 0 Å². The van der Waals surface area contributed by atoms with E-state index >= 15 is 0 Å². The molecule has 3 rings (SSSR count). The summed E-state index contributed by atoms with van der Waals surface area (Å²) in [6.07, 6.45) is 10.6. The van der Waals surface area contributed by atoms with Gasteiger partial charge in [0, 0.05) is 30.9 Å². The van der Waals surface area contributed by atoms with Gasteiger partial charge >= 0.3 is 0 Å². The van der Waals surface area contributed by atoms with Crippen LogP contribution in [0.2, 0.25) is 0 Å². The number of hydrogen-bond acceptors (Lipinski definition) is 3. The van der Waals surface area contributed by atoms with Gasteiger partial charge in [-0.3, -0.25) is 9.69 Å². The average Bonchev–Trinajstić information content (AvgIpc) is 3.23. The fraction of sp³-hybridized carbons (Fsp3) is 0.824. The highest BCUT2D eigenvalue weighted by molar-refractivity contribution is 5.81. The van der Waals surface area contributed by atoms with Crippen LogP contribution in [0.15, 0.2) is 11.8 Å². The normalized spacial score (nSPS) is 22.9. The highest BCUT2D eigenvalue weighted by Gasteiger charge is 2.36. The summed E-state index contributed by atoms with van der Waals surface area (Å²) < 4.78 is 0. The van der Waals surface area contributed by atoms with Gasteiger partial charge in [-0.15, -0.1) is 0 Å². The molecule has 1 heterocycles. The molecule has 1 saturated heterocycles. The third-order valence-corrected chi connectivity index (χ3v) is 4.88. The predicted octanol–water partition coefficient (Wildman–Crippen LogP) is 2.12. The number of carbonyl (C=O) groups is 1. The van der Waals surface area contributed by atoms with Gasteiger partial charge in [-0.25, -0.2) is 0 Å². The summed E-state index contributed by atoms with van der Waals surface area (Å²) in [6.45, 7) is 5.92. The van der Waals surface area contributed by atoms with E-state index in [0.717, 1.165) is 38.9 Å². The number of allylic oxidation sites excluding steroid dienone is 2. The van der Waals surface area contributed by atoms with Crippen molar-refractivity contribution >= 4 is 5.91 Å². The summed E-state index contributed by atoms with van der Waals surface area (Å²) in [4.78, 5) is 17.4. The first-order valence-corrected chi connectivity index (χ1v) is 8.75. The van der Waals surface area contributed by atoms with E-state index in [9.17, 15) is 4.79 Å². The summed E-state index contributed by atoms with van der Waals surface area (Å²) in [5, 5.41) is 3.32. The molecule has 0 radical (unpaired) electrons. The second-order valence-corrected chi connectivity index (χ2v) is 6.72. The summed E-state index contributed by atoms with van der Waals surface area (Å²) >= 11 is 0. The van der Waals surface area contributed by atoms with Crippen LogP contribution in [0.1, 0.15) is 51.9 Å². The Balaban J connectivity index is 1.64. The zero-order valence-corrected chi connectivity index (χ0v) is 13.3. The monoisotopic (exact) mass is 291 g/mol. The van der Waals surface area contributed by atoms with Crippen molar-refractivity contribution in [3.63, 3.8) is 0 Å². The van der Waals surface area contributed by atoms with Crippen molar-refractivity contribution in [3.8, 4) is 0 Å². The Kier molecular flexibility index (Phi) is 4.96. The van der Waals surface area contributed by atoms with Gasteiger partial charge in [0.2, 0.25) is 5.91 Å². The molecular formula is C17H29N3O. The van der Waals surface area contributed by atoms with Gasteiger partial charge in [0.15, 0.2) is 0 Å². The molecule has 0 unspecified atom stereocenters. The largest absolute Gasteiger partial charge is 0.314 e. The van der Waals surface area contributed by atoms with E-state index in [1.165, 1.54) is 31.4 Å². The molecule has 2 aliphatic carbocycles. The summed E-state index contributed by atoms with van der Waals surface area (Å²) in [5.41, 5.74) is 1.32. The maximum atomic E-state index is 12.9. The van der Waals surface area contributed by atoms with Gasteiger partial charge in [-0.1, -0.05) is 13.0 Å². The molecule has 21 heavy (non-hydrogen) atoms. The minimum absolute atomic E-state index is 0.339. The van der Waals surface area contributed by atoms with Crippen LogP contribution in [0, 0.1) is 0 Å². The third-order valence-electron chi connectivity index (χ3n) is 4.88. The van der Waals surface area contributed by atoms with E-state index in [1.807, 2.05) is 0 Å². The molecule has 4 heteroatoms. The van der Waals surface area contributed by atoms with E-state index in [1.54, 1.807) is 0 Å². The van der Waals surface area contributed by atoms with E-state index < -0.39 is 0 Å². The second-order valence-electron chi connectivity index (χ2n) is 6.72. The van der Waals surface area contributed by atoms with Crippen molar-refractivity contribution in [3.05, 3.63) is 11.8 Å². The highest BCUT2D eigenvalue weighted by Crippen LogP contribution is 2.33. The maximum Gasteiger partial charge on any atom is 0.241 e. The summed E-state index contributed by atoms with van der Waals surface area (Å²) in [5.74, 6) is 0.339. The lowest BCUT2D eigenvalue weighted by atomic mass is 10.0. The molecule has 0 aromatic heterocycles. The van der Waals surface area contributed by atoms with Gasteiger partial charge in [-0.2, -0.15) is 0 Å². The Labute approximate surface area is 128 Å². The molecule has 1 aliphatic heterocycles. The van der Waals surface area contributed by atoms with Crippen molar-refractivity contribution < 1.29 is 4.79 Å². The molecule has 1 saturated carbocycles. The number of amides is 1. The number of nitrogens with one attached hydrogen (secondary N) is 1. The minimum atomic E-state index is 0.339. The van der Waals surface area contributed by atoms with E-state index in [-0.39, 0.29) is 0 Å². The molecule has 118 valence electrons. The van der Waals surface area contributed by atoms with Crippen LogP contribution < -0.4 is 5.32 Å². The molecule has 0 spiro atoms. The predicted molar refractivity (Wildman–Crippen MR) is 84.9 cm³/mol. The molecule has 2 fully saturated rings. The first kappa shape index (κ1) is 15.0. The Bertz CT molecular complexity index is 399. The van der Waals surface area contributed by atoms with Crippen LogP contribution in [-0.4, -0.2) is 54.0 Å². The zero-order chi connectivity index (χ0) is 14.7. The molecule has 0 aromatic carbocycles. The molecule has 0 aromatic rings. The molecule has 1 amide bonds. The second kappa shape index (κ2) is 6.93. The Morgan fingerprint density at radius 1 is 1.29 bits per heavy atom. The van der Waals surface area contributed by atoms with Gasteiger partial charge < -0.3 is 10.2 Å². The molecule has 1 N–H and O–H groups in total. The Morgan fingerprint density at radius 2 is 2.10 bits per heavy atom. The summed E-state index contributed by atoms with van der Waals surface area (Å²) in [6, 6.07) is 1.07. The van der Waals surface area contributed by atoms with Gasteiger partial charge in [0.1, 0.15) is 0 Å². The number of nitrogens with zero attached hydrogens (tertiary/aromatic N) is 2. The van der Waals surface area contributed by atoms with Crippen LogP contribution in [0.3, 0.4) is 0 Å². The average molecular weight is 291 g/mol. The Morgan fingerprint density at radius 3 is 2.62 bits per heavy atom. The van der Waals surface area contributed by atoms with Gasteiger partial charge in [0.05, 0.1) is 6.54 Å². The van der Waals surface area contributed by atoms with Crippen LogP contribution in [-0.2, 0) is 4.79 Å². The Hall–Kier alpha value is -0.870. The zero-order valence-electron chi connectivity index (χ0n) is 13.3. The summed E-state index contributed by atoms with van der Waals surface area (Å²) in [7, 11) is 0. The van der Waals surface area contributed by atoms with Gasteiger partial charge in [-0.05, 0) is 51.5 Å². The first-order valence-electron chi connectivity index (χ1n) is 8.75. The number of hydrogen-bond donors (Lipinski definition) is 1. The minimum Gasteiger partial charge on any atom is -0.314 e. The molecule has 0 bridgehead atoms. The smallest absolute Gasteiger partial charge is 0.241 e. The molecule has 0 atom stereocenters. The van der Waals surface area contributed by atoms with Crippen LogP contribution >= 0.6 is 0 Å². The van der Waals surface area contributed by atoms with Gasteiger partial charge in [0.25, 0.3) is 0 Å². The number of rotatable bonds is 7. The van der Waals surface area contributed by atoms with Crippen molar-refractivity contribution in [1.29, 1.82) is 0 Å². The lowest BCUT2D eigenvalue weighted by Gasteiger charge is -2.39. The lowest BCUT2D eigenvalue weighted by Crippen LogP contribution is -2.59. The van der Waals surface area contributed by atoms with Crippen molar-refractivity contribution in [2.45, 2.75) is 64.0 Å². The SMILES string of the molecule is CCCN(CC(=O)N(C1=CCCCC1)C1CC1)C1CNC1. The fourth-order valence-electron chi connectivity index (χ4n) is 3.43. The molecule has 4 nitrogen and oxygen atoms in total. The highest BCUT2D eigenvalue weighted by atomic mass is 16.2. The molecule has 3 aliphatic rings. The molecular weight excluding hydrogens is 262 g/mol. The number of carbonyl (C=O) groups excluding carboxylic acids is 1. The van der Waals surface area contributed by atoms with Crippen molar-refractivity contribution in [1.82, 2.24) is 15.1 Å². The van der Waals surface area contributed by atoms with E-state index in [2.05, 4.69) is 28.1 Å². The standard InChI is InChI=1S/C17H29N3O/c1-2-10-19(16-11-18-12-16)13-17(21)20(15-8-9-15)14-6-4-3-5-7-14/h6,15-16,18H,2-5,7-13H2,1H3. The van der Waals surface area contributed by atoms with Crippen molar-refractivity contribution in [2.75, 3.05) is 26.2 Å².